The Morgan fingerprint density at radius 3 is 2.88 bits per heavy atom. The zero-order valence-corrected chi connectivity index (χ0v) is 15.2. The third kappa shape index (κ3) is 4.17. The van der Waals surface area contributed by atoms with Gasteiger partial charge < -0.3 is 15.4 Å². The Morgan fingerprint density at radius 1 is 1.40 bits per heavy atom. The van der Waals surface area contributed by atoms with Gasteiger partial charge in [0.2, 0.25) is 0 Å². The average molecular weight is 358 g/mol. The van der Waals surface area contributed by atoms with E-state index in [0.29, 0.717) is 24.7 Å². The second kappa shape index (κ2) is 7.65. The molecule has 1 fully saturated rings. The first-order valence-corrected chi connectivity index (χ1v) is 9.21. The Morgan fingerprint density at radius 2 is 2.16 bits per heavy atom. The van der Waals surface area contributed by atoms with E-state index >= 15 is 0 Å². The fourth-order valence-electron chi connectivity index (χ4n) is 3.00. The molecule has 2 amide bonds. The maximum atomic E-state index is 12.5. The number of piperidine rings is 1. The van der Waals surface area contributed by atoms with Crippen molar-refractivity contribution in [2.24, 2.45) is 5.16 Å². The summed E-state index contributed by atoms with van der Waals surface area (Å²) in [5, 5.41) is 17.5. The first-order valence-electron chi connectivity index (χ1n) is 8.33. The minimum Gasteiger partial charge on any atom is -0.411 e. The summed E-state index contributed by atoms with van der Waals surface area (Å²) in [6, 6.07) is 6.02. The van der Waals surface area contributed by atoms with E-state index < -0.39 is 0 Å². The van der Waals surface area contributed by atoms with Gasteiger partial charge in [-0.3, -0.25) is 0 Å². The van der Waals surface area contributed by atoms with Crippen LogP contribution < -0.4 is 5.32 Å². The lowest BCUT2D eigenvalue weighted by molar-refractivity contribution is 0.194. The van der Waals surface area contributed by atoms with Crippen molar-refractivity contribution in [3.8, 4) is 0 Å². The van der Waals surface area contributed by atoms with Crippen LogP contribution in [0.5, 0.6) is 0 Å². The predicted molar refractivity (Wildman–Crippen MR) is 100.0 cm³/mol. The number of benzene rings is 1. The Hall–Kier alpha value is -2.41. The highest BCUT2D eigenvalue weighted by Gasteiger charge is 2.25. The maximum Gasteiger partial charge on any atom is 0.321 e. The molecular formula is C18H22N4O2S. The van der Waals surface area contributed by atoms with Crippen molar-refractivity contribution in [1.29, 1.82) is 0 Å². The van der Waals surface area contributed by atoms with E-state index in [9.17, 15) is 4.79 Å². The van der Waals surface area contributed by atoms with Gasteiger partial charge in [-0.1, -0.05) is 17.3 Å². The molecule has 7 heteroatoms. The van der Waals surface area contributed by atoms with Gasteiger partial charge in [0.1, 0.15) is 0 Å². The van der Waals surface area contributed by atoms with Crippen LogP contribution in [0.4, 0.5) is 10.5 Å². The van der Waals surface area contributed by atoms with Crippen LogP contribution in [0.1, 0.15) is 40.6 Å². The number of carbonyl (C=O) groups is 1. The highest BCUT2D eigenvalue weighted by molar-refractivity contribution is 7.09. The number of likely N-dealkylation sites (tertiary alicyclic amines) is 1. The molecule has 1 saturated heterocycles. The van der Waals surface area contributed by atoms with Gasteiger partial charge in [0.25, 0.3) is 0 Å². The number of thiazole rings is 1. The van der Waals surface area contributed by atoms with E-state index in [-0.39, 0.29) is 6.03 Å². The second-order valence-electron chi connectivity index (χ2n) is 6.37. The molecule has 1 aliphatic rings. The standard InChI is InChI=1S/C18H22N4O2S/c1-12-3-4-13(2)16(9-12)21-18(23)22-7-5-14(6-8-22)17-20-15(10-19-24)11-25-17/h3-4,9-11,14,24H,5-8H2,1-2H3,(H,21,23)/b19-10-. The van der Waals surface area contributed by atoms with Crippen LogP contribution in [-0.2, 0) is 0 Å². The summed E-state index contributed by atoms with van der Waals surface area (Å²) in [6.45, 7) is 5.44. The van der Waals surface area contributed by atoms with Crippen LogP contribution in [0.15, 0.2) is 28.7 Å². The largest absolute Gasteiger partial charge is 0.411 e. The minimum absolute atomic E-state index is 0.0422. The Kier molecular flexibility index (Phi) is 5.33. The van der Waals surface area contributed by atoms with Gasteiger partial charge in [0.05, 0.1) is 16.9 Å². The topological polar surface area (TPSA) is 77.8 Å². The van der Waals surface area contributed by atoms with Crippen LogP contribution in [0.25, 0.3) is 0 Å². The predicted octanol–water partition coefficient (Wildman–Crippen LogP) is 3.98. The van der Waals surface area contributed by atoms with E-state index in [0.717, 1.165) is 34.7 Å². The van der Waals surface area contributed by atoms with Crippen LogP contribution in [0, 0.1) is 13.8 Å². The number of anilines is 1. The maximum absolute atomic E-state index is 12.5. The van der Waals surface area contributed by atoms with Crippen molar-refractivity contribution in [3.05, 3.63) is 45.4 Å². The summed E-state index contributed by atoms with van der Waals surface area (Å²) < 4.78 is 0. The van der Waals surface area contributed by atoms with Crippen molar-refractivity contribution < 1.29 is 10.0 Å². The summed E-state index contributed by atoms with van der Waals surface area (Å²) >= 11 is 1.58. The Labute approximate surface area is 151 Å². The molecular weight excluding hydrogens is 336 g/mol. The third-order valence-corrected chi connectivity index (χ3v) is 5.52. The summed E-state index contributed by atoms with van der Waals surface area (Å²) in [5.74, 6) is 0.357. The van der Waals surface area contributed by atoms with E-state index in [1.165, 1.54) is 6.21 Å². The highest BCUT2D eigenvalue weighted by atomic mass is 32.1. The average Bonchev–Trinajstić information content (AvgIpc) is 3.07. The van der Waals surface area contributed by atoms with Crippen molar-refractivity contribution in [2.45, 2.75) is 32.6 Å². The van der Waals surface area contributed by atoms with Gasteiger partial charge in [-0.25, -0.2) is 9.78 Å². The summed E-state index contributed by atoms with van der Waals surface area (Å²) in [5.41, 5.74) is 3.75. The van der Waals surface area contributed by atoms with Crippen LogP contribution in [0.3, 0.4) is 0 Å². The molecule has 1 aromatic carbocycles. The fraction of sp³-hybridized carbons (Fsp3) is 0.389. The molecule has 0 aliphatic carbocycles. The molecule has 2 aromatic rings. The van der Waals surface area contributed by atoms with Crippen molar-refractivity contribution >= 4 is 29.3 Å². The molecule has 2 N–H and O–H groups in total. The molecule has 6 nitrogen and oxygen atoms in total. The van der Waals surface area contributed by atoms with Gasteiger partial charge in [-0.05, 0) is 43.9 Å². The van der Waals surface area contributed by atoms with E-state index in [4.69, 9.17) is 5.21 Å². The van der Waals surface area contributed by atoms with Gasteiger partial charge in [0.15, 0.2) is 0 Å². The molecule has 1 aromatic heterocycles. The minimum atomic E-state index is -0.0422. The van der Waals surface area contributed by atoms with Crippen molar-refractivity contribution in [3.63, 3.8) is 0 Å². The van der Waals surface area contributed by atoms with Crippen LogP contribution in [-0.4, -0.2) is 40.4 Å². The zero-order chi connectivity index (χ0) is 17.8. The number of hydrogen-bond donors (Lipinski definition) is 2. The van der Waals surface area contributed by atoms with Crippen LogP contribution in [0.2, 0.25) is 0 Å². The fourth-order valence-corrected chi connectivity index (χ4v) is 3.94. The molecule has 132 valence electrons. The number of carbonyl (C=O) groups excluding carboxylic acids is 1. The van der Waals surface area contributed by atoms with Crippen LogP contribution >= 0.6 is 11.3 Å². The molecule has 25 heavy (non-hydrogen) atoms. The first-order chi connectivity index (χ1) is 12.1. The molecule has 0 spiro atoms. The summed E-state index contributed by atoms with van der Waals surface area (Å²) in [4.78, 5) is 18.9. The lowest BCUT2D eigenvalue weighted by Crippen LogP contribution is -2.40. The smallest absolute Gasteiger partial charge is 0.321 e. The molecule has 0 unspecified atom stereocenters. The molecule has 3 rings (SSSR count). The number of aromatic nitrogens is 1. The summed E-state index contributed by atoms with van der Waals surface area (Å²) in [7, 11) is 0. The Bertz CT molecular complexity index is 779. The molecule has 2 heterocycles. The normalized spacial score (nSPS) is 15.7. The number of nitrogens with zero attached hydrogens (tertiary/aromatic N) is 3. The Balaban J connectivity index is 1.57. The lowest BCUT2D eigenvalue weighted by Gasteiger charge is -2.31. The van der Waals surface area contributed by atoms with Gasteiger partial charge in [-0.15, -0.1) is 11.3 Å². The molecule has 0 bridgehead atoms. The highest BCUT2D eigenvalue weighted by Crippen LogP contribution is 2.30. The number of amides is 2. The van der Waals surface area contributed by atoms with Gasteiger partial charge >= 0.3 is 6.03 Å². The molecule has 0 saturated carbocycles. The quantitative estimate of drug-likeness (QED) is 0.495. The number of rotatable bonds is 3. The van der Waals surface area contributed by atoms with Gasteiger partial charge in [-0.2, -0.15) is 0 Å². The van der Waals surface area contributed by atoms with Gasteiger partial charge in [0, 0.05) is 30.1 Å². The second-order valence-corrected chi connectivity index (χ2v) is 7.25. The third-order valence-electron chi connectivity index (χ3n) is 4.50. The lowest BCUT2D eigenvalue weighted by atomic mass is 9.98. The van der Waals surface area contributed by atoms with Crippen molar-refractivity contribution in [1.82, 2.24) is 9.88 Å². The first kappa shape index (κ1) is 17.4. The SMILES string of the molecule is Cc1ccc(C)c(NC(=O)N2CCC(c3nc(/C=N\O)cs3)CC2)c1. The monoisotopic (exact) mass is 358 g/mol. The molecule has 1 aliphatic heterocycles. The number of urea groups is 1. The summed E-state index contributed by atoms with van der Waals surface area (Å²) in [6.07, 6.45) is 3.12. The van der Waals surface area contributed by atoms with E-state index in [1.807, 2.05) is 42.3 Å². The molecule has 0 radical (unpaired) electrons. The number of oxime groups is 1. The number of hydrogen-bond acceptors (Lipinski definition) is 5. The molecule has 0 atom stereocenters. The number of nitrogens with one attached hydrogen (secondary N) is 1. The number of aryl methyl sites for hydroxylation is 2. The zero-order valence-electron chi connectivity index (χ0n) is 14.4. The van der Waals surface area contributed by atoms with Crippen molar-refractivity contribution in [2.75, 3.05) is 18.4 Å². The van der Waals surface area contributed by atoms with E-state index in [2.05, 4.69) is 15.5 Å². The van der Waals surface area contributed by atoms with E-state index in [1.54, 1.807) is 11.3 Å².